The predicted octanol–water partition coefficient (Wildman–Crippen LogP) is 4.95. The van der Waals surface area contributed by atoms with Gasteiger partial charge in [0.2, 0.25) is 0 Å². The van der Waals surface area contributed by atoms with E-state index in [0.29, 0.717) is 54.0 Å². The van der Waals surface area contributed by atoms with Crippen LogP contribution in [0.25, 0.3) is 0 Å². The molecule has 0 spiro atoms. The molecule has 2 aliphatic rings. The number of aromatic nitrogens is 1. The number of nitrogens with zero attached hydrogens (tertiary/aromatic N) is 5. The second-order valence-electron chi connectivity index (χ2n) is 10.3. The molecule has 9 nitrogen and oxygen atoms in total. The Bertz CT molecular complexity index is 1890. The SMILES string of the molecule is CCOc1ccccc1C1(N2CCN(c3ccncc3)CC2)C(=O)N(S(=O)(=O)c2ccc(Cl)cc2F)c2ccc(C#N)cc21. The third-order valence-corrected chi connectivity index (χ3v) is 9.96. The van der Waals surface area contributed by atoms with Crippen molar-refractivity contribution in [2.24, 2.45) is 0 Å². The summed E-state index contributed by atoms with van der Waals surface area (Å²) in [5, 5.41) is 9.89. The summed E-state index contributed by atoms with van der Waals surface area (Å²) in [4.78, 5) is 22.6. The minimum Gasteiger partial charge on any atom is -0.493 e. The Morgan fingerprint density at radius 2 is 1.73 bits per heavy atom. The van der Waals surface area contributed by atoms with Crippen LogP contribution in [0, 0.1) is 17.1 Å². The number of halogens is 2. The van der Waals surface area contributed by atoms with E-state index in [9.17, 15) is 13.7 Å². The minimum atomic E-state index is -4.78. The largest absolute Gasteiger partial charge is 0.493 e. The zero-order valence-corrected chi connectivity index (χ0v) is 25.2. The van der Waals surface area contributed by atoms with Crippen molar-refractivity contribution in [1.29, 1.82) is 5.26 Å². The van der Waals surface area contributed by atoms with Crippen LogP contribution in [-0.2, 0) is 20.4 Å². The van der Waals surface area contributed by atoms with Gasteiger partial charge in [0.15, 0.2) is 5.54 Å². The zero-order valence-electron chi connectivity index (χ0n) is 23.7. The second kappa shape index (κ2) is 11.5. The van der Waals surface area contributed by atoms with Gasteiger partial charge in [-0.1, -0.05) is 29.8 Å². The lowest BCUT2D eigenvalue weighted by Gasteiger charge is -2.46. The smallest absolute Gasteiger partial charge is 0.273 e. The molecule has 224 valence electrons. The highest BCUT2D eigenvalue weighted by Crippen LogP contribution is 2.53. The molecule has 6 rings (SSSR count). The molecule has 1 aromatic heterocycles. The Morgan fingerprint density at radius 3 is 2.41 bits per heavy atom. The fraction of sp³-hybridized carbons (Fsp3) is 0.219. The maximum absolute atomic E-state index is 15.2. The number of nitriles is 1. The number of hydrogen-bond donors (Lipinski definition) is 0. The molecule has 2 aliphatic heterocycles. The average molecular weight is 632 g/mol. The molecule has 0 aliphatic carbocycles. The maximum atomic E-state index is 15.2. The Balaban J connectivity index is 1.58. The van der Waals surface area contributed by atoms with Gasteiger partial charge in [-0.05, 0) is 61.5 Å². The van der Waals surface area contributed by atoms with Crippen LogP contribution in [0.5, 0.6) is 5.75 Å². The summed E-state index contributed by atoms with van der Waals surface area (Å²) in [5.41, 5.74) is 0.247. The van der Waals surface area contributed by atoms with E-state index in [4.69, 9.17) is 16.3 Å². The summed E-state index contributed by atoms with van der Waals surface area (Å²) in [7, 11) is -4.78. The van der Waals surface area contributed by atoms with Crippen LogP contribution in [0.4, 0.5) is 15.8 Å². The van der Waals surface area contributed by atoms with E-state index in [1.807, 2.05) is 24.0 Å². The van der Waals surface area contributed by atoms with Gasteiger partial charge < -0.3 is 9.64 Å². The second-order valence-corrected chi connectivity index (χ2v) is 12.5. The van der Waals surface area contributed by atoms with Crippen molar-refractivity contribution < 1.29 is 22.3 Å². The van der Waals surface area contributed by atoms with Crippen molar-refractivity contribution in [3.63, 3.8) is 0 Å². The van der Waals surface area contributed by atoms with E-state index >= 15 is 9.18 Å². The molecule has 1 saturated heterocycles. The third kappa shape index (κ3) is 4.66. The molecule has 1 unspecified atom stereocenters. The van der Waals surface area contributed by atoms with Crippen LogP contribution in [0.2, 0.25) is 5.02 Å². The quantitative estimate of drug-likeness (QED) is 0.282. The Kier molecular flexibility index (Phi) is 7.75. The van der Waals surface area contributed by atoms with Gasteiger partial charge in [-0.15, -0.1) is 0 Å². The normalized spacial score (nSPS) is 18.6. The Morgan fingerprint density at radius 1 is 1.00 bits per heavy atom. The van der Waals surface area contributed by atoms with Crippen molar-refractivity contribution >= 4 is 38.9 Å². The lowest BCUT2D eigenvalue weighted by molar-refractivity contribution is -0.127. The van der Waals surface area contributed by atoms with Gasteiger partial charge in [0.05, 0.1) is 23.9 Å². The predicted molar refractivity (Wildman–Crippen MR) is 164 cm³/mol. The first kappa shape index (κ1) is 29.6. The highest BCUT2D eigenvalue weighted by molar-refractivity contribution is 7.93. The van der Waals surface area contributed by atoms with Gasteiger partial charge in [-0.3, -0.25) is 14.7 Å². The number of fused-ring (bicyclic) bond motifs is 1. The average Bonchev–Trinajstić information content (AvgIpc) is 3.30. The van der Waals surface area contributed by atoms with Gasteiger partial charge in [0.25, 0.3) is 15.9 Å². The standard InChI is InChI=1S/C32H27ClFN5O4S/c1-2-43-29-6-4-3-5-25(29)32(38-17-15-37(16-18-38)24-11-13-36-14-12-24)26-19-22(21-35)7-9-28(26)39(31(32)40)44(41,42)30-10-8-23(33)20-27(30)34/h3-14,19-20H,2,15-18H2,1H3. The number of pyridine rings is 1. The van der Waals surface area contributed by atoms with Gasteiger partial charge in [-0.25, -0.2) is 17.1 Å². The van der Waals surface area contributed by atoms with Gasteiger partial charge in [-0.2, -0.15) is 5.26 Å². The molecular weight excluding hydrogens is 605 g/mol. The Hall–Kier alpha value is -4.50. The number of hydrogen-bond acceptors (Lipinski definition) is 8. The van der Waals surface area contributed by atoms with E-state index in [1.165, 1.54) is 18.2 Å². The van der Waals surface area contributed by atoms with Crippen molar-refractivity contribution in [1.82, 2.24) is 9.88 Å². The van der Waals surface area contributed by atoms with Crippen LogP contribution in [0.15, 0.2) is 90.1 Å². The number of amides is 1. The molecule has 0 radical (unpaired) electrons. The number of rotatable bonds is 7. The first-order valence-electron chi connectivity index (χ1n) is 13.9. The topological polar surface area (TPSA) is 107 Å². The molecule has 1 fully saturated rings. The van der Waals surface area contributed by atoms with E-state index in [2.05, 4.69) is 16.0 Å². The fourth-order valence-electron chi connectivity index (χ4n) is 6.10. The first-order chi connectivity index (χ1) is 21.2. The van der Waals surface area contributed by atoms with E-state index in [1.54, 1.807) is 42.7 Å². The first-order valence-corrected chi connectivity index (χ1v) is 15.8. The molecule has 4 aromatic rings. The maximum Gasteiger partial charge on any atom is 0.273 e. The summed E-state index contributed by atoms with van der Waals surface area (Å²) in [5.74, 6) is -1.51. The lowest BCUT2D eigenvalue weighted by atomic mass is 9.80. The molecular formula is C32H27ClFN5O4S. The van der Waals surface area contributed by atoms with Crippen molar-refractivity contribution in [3.8, 4) is 11.8 Å². The highest BCUT2D eigenvalue weighted by atomic mass is 35.5. The van der Waals surface area contributed by atoms with Gasteiger partial charge >= 0.3 is 0 Å². The number of carbonyl (C=O) groups excluding carboxylic acids is 1. The van der Waals surface area contributed by atoms with Crippen molar-refractivity contribution in [3.05, 3.63) is 113 Å². The van der Waals surface area contributed by atoms with Crippen LogP contribution in [0.1, 0.15) is 23.6 Å². The monoisotopic (exact) mass is 631 g/mol. The summed E-state index contributed by atoms with van der Waals surface area (Å²) in [6, 6.07) is 20.5. The molecule has 0 N–H and O–H groups in total. The molecule has 3 aromatic carbocycles. The summed E-state index contributed by atoms with van der Waals surface area (Å²) in [6.45, 7) is 3.85. The molecule has 1 amide bonds. The number of sulfonamides is 1. The van der Waals surface area contributed by atoms with Crippen molar-refractivity contribution in [2.75, 3.05) is 42.0 Å². The van der Waals surface area contributed by atoms with E-state index in [-0.39, 0.29) is 16.3 Å². The number of carbonyl (C=O) groups is 1. The molecule has 1 atom stereocenters. The van der Waals surface area contributed by atoms with E-state index in [0.717, 1.165) is 17.8 Å². The van der Waals surface area contributed by atoms with Crippen LogP contribution >= 0.6 is 11.6 Å². The highest BCUT2D eigenvalue weighted by Gasteiger charge is 2.60. The number of piperazine rings is 1. The van der Waals surface area contributed by atoms with Crippen molar-refractivity contribution in [2.45, 2.75) is 17.4 Å². The molecule has 44 heavy (non-hydrogen) atoms. The number of benzene rings is 3. The summed E-state index contributed by atoms with van der Waals surface area (Å²) < 4.78 is 50.3. The molecule has 0 saturated carbocycles. The van der Waals surface area contributed by atoms with Crippen LogP contribution in [-0.4, -0.2) is 57.0 Å². The van der Waals surface area contributed by atoms with Gasteiger partial charge in [0.1, 0.15) is 16.5 Å². The third-order valence-electron chi connectivity index (χ3n) is 8.00. The molecule has 0 bridgehead atoms. The molecule has 3 heterocycles. The number of anilines is 2. The van der Waals surface area contributed by atoms with Crippen LogP contribution in [0.3, 0.4) is 0 Å². The minimum absolute atomic E-state index is 0.0142. The number of ether oxygens (including phenoxy) is 1. The Labute approximate surface area is 259 Å². The van der Waals surface area contributed by atoms with E-state index < -0.39 is 32.2 Å². The summed E-state index contributed by atoms with van der Waals surface area (Å²) in [6.07, 6.45) is 3.42. The summed E-state index contributed by atoms with van der Waals surface area (Å²) >= 11 is 5.93. The number of para-hydroxylation sites is 1. The fourth-order valence-corrected chi connectivity index (χ4v) is 7.77. The van der Waals surface area contributed by atoms with Gasteiger partial charge in [0, 0.05) is 60.4 Å². The molecule has 12 heteroatoms. The van der Waals surface area contributed by atoms with Crippen LogP contribution < -0.4 is 13.9 Å². The lowest BCUT2D eigenvalue weighted by Crippen LogP contribution is -2.60. The zero-order chi connectivity index (χ0) is 31.1.